The molecular formula is C14H21N5S. The van der Waals surface area contributed by atoms with E-state index in [-0.39, 0.29) is 6.04 Å². The summed E-state index contributed by atoms with van der Waals surface area (Å²) in [7, 11) is 4.14. The highest BCUT2D eigenvalue weighted by molar-refractivity contribution is 7.09. The molecule has 20 heavy (non-hydrogen) atoms. The van der Waals surface area contributed by atoms with E-state index in [1.54, 1.807) is 6.20 Å². The second-order valence-electron chi connectivity index (χ2n) is 5.26. The first-order chi connectivity index (χ1) is 9.58. The highest BCUT2D eigenvalue weighted by Gasteiger charge is 2.15. The summed E-state index contributed by atoms with van der Waals surface area (Å²) in [5.74, 6) is 1.27. The third kappa shape index (κ3) is 3.74. The lowest BCUT2D eigenvalue weighted by Crippen LogP contribution is -2.26. The van der Waals surface area contributed by atoms with Crippen LogP contribution in [-0.2, 0) is 0 Å². The molecule has 2 aromatic heterocycles. The lowest BCUT2D eigenvalue weighted by atomic mass is 10.1. The molecule has 2 rings (SSSR count). The number of likely N-dealkylation sites (N-methyl/N-ethyl adjacent to an activating group) is 1. The van der Waals surface area contributed by atoms with Crippen molar-refractivity contribution in [3.63, 3.8) is 0 Å². The topological polar surface area (TPSA) is 53.9 Å². The fourth-order valence-corrected chi connectivity index (χ4v) is 2.61. The fourth-order valence-electron chi connectivity index (χ4n) is 1.90. The van der Waals surface area contributed by atoms with Crippen LogP contribution in [0.5, 0.6) is 0 Å². The van der Waals surface area contributed by atoms with Crippen molar-refractivity contribution >= 4 is 16.7 Å². The third-order valence-electron chi connectivity index (χ3n) is 3.10. The van der Waals surface area contributed by atoms with Gasteiger partial charge < -0.3 is 10.2 Å². The van der Waals surface area contributed by atoms with Crippen LogP contribution in [0.3, 0.4) is 0 Å². The predicted octanol–water partition coefficient (Wildman–Crippen LogP) is 2.77. The Morgan fingerprint density at radius 3 is 2.70 bits per heavy atom. The minimum absolute atomic E-state index is 0.259. The van der Waals surface area contributed by atoms with Crippen LogP contribution < -0.4 is 5.32 Å². The summed E-state index contributed by atoms with van der Waals surface area (Å²) in [6.45, 7) is 4.99. The van der Waals surface area contributed by atoms with E-state index < -0.39 is 0 Å². The van der Waals surface area contributed by atoms with Gasteiger partial charge in [0.2, 0.25) is 5.13 Å². The summed E-state index contributed by atoms with van der Waals surface area (Å²) in [5, 5.41) is 4.25. The summed E-state index contributed by atoms with van der Waals surface area (Å²) < 4.78 is 4.35. The molecule has 108 valence electrons. The van der Waals surface area contributed by atoms with Crippen molar-refractivity contribution < 1.29 is 0 Å². The maximum Gasteiger partial charge on any atom is 0.202 e. The number of rotatable bonds is 6. The van der Waals surface area contributed by atoms with Gasteiger partial charge in [0, 0.05) is 36.4 Å². The van der Waals surface area contributed by atoms with Crippen molar-refractivity contribution in [1.29, 1.82) is 0 Å². The molecule has 0 unspecified atom stereocenters. The van der Waals surface area contributed by atoms with Gasteiger partial charge in [-0.15, -0.1) is 0 Å². The van der Waals surface area contributed by atoms with Crippen LogP contribution in [0.25, 0.3) is 0 Å². The summed E-state index contributed by atoms with van der Waals surface area (Å²) in [5.41, 5.74) is 1.19. The maximum absolute atomic E-state index is 4.50. The molecule has 1 N–H and O–H groups in total. The van der Waals surface area contributed by atoms with Gasteiger partial charge >= 0.3 is 0 Å². The number of nitrogens with one attached hydrogen (secondary N) is 1. The molecule has 0 aliphatic carbocycles. The average molecular weight is 291 g/mol. The molecule has 0 aliphatic rings. The number of aromatic nitrogens is 3. The zero-order chi connectivity index (χ0) is 14.5. The van der Waals surface area contributed by atoms with Crippen molar-refractivity contribution in [2.24, 2.45) is 0 Å². The fraction of sp³-hybridized carbons (Fsp3) is 0.500. The number of pyridine rings is 1. The predicted molar refractivity (Wildman–Crippen MR) is 83.2 cm³/mol. The summed E-state index contributed by atoms with van der Waals surface area (Å²) in [6, 6.07) is 4.32. The Morgan fingerprint density at radius 2 is 2.15 bits per heavy atom. The summed E-state index contributed by atoms with van der Waals surface area (Å²) in [4.78, 5) is 10.9. The van der Waals surface area contributed by atoms with Gasteiger partial charge in [0.1, 0.15) is 5.82 Å². The van der Waals surface area contributed by atoms with Gasteiger partial charge in [-0.3, -0.25) is 4.98 Å². The second kappa shape index (κ2) is 6.76. The lowest BCUT2D eigenvalue weighted by molar-refractivity contribution is 0.311. The van der Waals surface area contributed by atoms with E-state index in [0.717, 1.165) is 17.5 Å². The molecule has 5 nitrogen and oxygen atoms in total. The molecule has 2 aromatic rings. The lowest BCUT2D eigenvalue weighted by Gasteiger charge is -2.24. The SMILES string of the molecule is CC(C)c1nsc(NC[C@@H](c2cccnc2)N(C)C)n1. The minimum Gasteiger partial charge on any atom is -0.358 e. The molecule has 0 aliphatic heterocycles. The van der Waals surface area contributed by atoms with Gasteiger partial charge in [0.25, 0.3) is 0 Å². The maximum atomic E-state index is 4.50. The molecule has 0 bridgehead atoms. The van der Waals surface area contributed by atoms with Crippen molar-refractivity contribution in [3.05, 3.63) is 35.9 Å². The van der Waals surface area contributed by atoms with Gasteiger partial charge in [-0.05, 0) is 25.7 Å². The summed E-state index contributed by atoms with van der Waals surface area (Å²) >= 11 is 1.42. The molecule has 0 fully saturated rings. The quantitative estimate of drug-likeness (QED) is 0.887. The zero-order valence-corrected chi connectivity index (χ0v) is 13.2. The van der Waals surface area contributed by atoms with E-state index in [1.165, 1.54) is 17.1 Å². The van der Waals surface area contributed by atoms with Crippen LogP contribution in [0, 0.1) is 0 Å². The van der Waals surface area contributed by atoms with Crippen LogP contribution in [0.4, 0.5) is 5.13 Å². The van der Waals surface area contributed by atoms with E-state index in [0.29, 0.717) is 5.92 Å². The Kier molecular flexibility index (Phi) is 5.03. The van der Waals surface area contributed by atoms with Crippen molar-refractivity contribution in [1.82, 2.24) is 19.2 Å². The number of anilines is 1. The molecule has 6 heteroatoms. The van der Waals surface area contributed by atoms with Crippen molar-refractivity contribution in [2.45, 2.75) is 25.8 Å². The van der Waals surface area contributed by atoms with Gasteiger partial charge in [-0.2, -0.15) is 4.37 Å². The Hall–Kier alpha value is -1.53. The van der Waals surface area contributed by atoms with Gasteiger partial charge in [0.05, 0.1) is 6.04 Å². The van der Waals surface area contributed by atoms with Gasteiger partial charge in [-0.1, -0.05) is 19.9 Å². The van der Waals surface area contributed by atoms with Crippen LogP contribution in [0.1, 0.15) is 37.2 Å². The van der Waals surface area contributed by atoms with Crippen LogP contribution in [0.2, 0.25) is 0 Å². The Morgan fingerprint density at radius 1 is 1.35 bits per heavy atom. The standard InChI is InChI=1S/C14H21N5S/c1-10(2)13-17-14(20-18-13)16-9-12(19(3)4)11-6-5-7-15-8-11/h5-8,10,12H,9H2,1-4H3,(H,16,17,18)/t12-/m0/s1. The Bertz CT molecular complexity index is 523. The first kappa shape index (κ1) is 14.9. The van der Waals surface area contributed by atoms with E-state index in [2.05, 4.69) is 58.6 Å². The third-order valence-corrected chi connectivity index (χ3v) is 3.78. The molecule has 0 aromatic carbocycles. The van der Waals surface area contributed by atoms with Crippen molar-refractivity contribution in [3.8, 4) is 0 Å². The monoisotopic (exact) mass is 291 g/mol. The average Bonchev–Trinajstić information content (AvgIpc) is 2.89. The first-order valence-electron chi connectivity index (χ1n) is 6.71. The molecule has 0 radical (unpaired) electrons. The van der Waals surface area contributed by atoms with E-state index in [4.69, 9.17) is 0 Å². The number of hydrogen-bond donors (Lipinski definition) is 1. The normalized spacial score (nSPS) is 12.9. The molecular weight excluding hydrogens is 270 g/mol. The molecule has 0 saturated carbocycles. The number of hydrogen-bond acceptors (Lipinski definition) is 6. The Balaban J connectivity index is 2.02. The largest absolute Gasteiger partial charge is 0.358 e. The minimum atomic E-state index is 0.259. The highest BCUT2D eigenvalue weighted by Crippen LogP contribution is 2.21. The molecule has 0 amide bonds. The molecule has 0 spiro atoms. The number of nitrogens with zero attached hydrogens (tertiary/aromatic N) is 4. The van der Waals surface area contributed by atoms with Crippen LogP contribution >= 0.6 is 11.5 Å². The first-order valence-corrected chi connectivity index (χ1v) is 7.49. The van der Waals surface area contributed by atoms with E-state index >= 15 is 0 Å². The van der Waals surface area contributed by atoms with E-state index in [1.807, 2.05) is 12.3 Å². The molecule has 2 heterocycles. The zero-order valence-electron chi connectivity index (χ0n) is 12.4. The molecule has 0 saturated heterocycles. The molecule has 1 atom stereocenters. The van der Waals surface area contributed by atoms with Gasteiger partial charge in [0.15, 0.2) is 0 Å². The Labute approximate surface area is 124 Å². The van der Waals surface area contributed by atoms with Gasteiger partial charge in [-0.25, -0.2) is 4.98 Å². The second-order valence-corrected chi connectivity index (χ2v) is 6.01. The van der Waals surface area contributed by atoms with Crippen molar-refractivity contribution in [2.75, 3.05) is 26.0 Å². The smallest absolute Gasteiger partial charge is 0.202 e. The van der Waals surface area contributed by atoms with Crippen LogP contribution in [0.15, 0.2) is 24.5 Å². The highest BCUT2D eigenvalue weighted by atomic mass is 32.1. The summed E-state index contributed by atoms with van der Waals surface area (Å²) in [6.07, 6.45) is 3.70. The van der Waals surface area contributed by atoms with Crippen LogP contribution in [-0.4, -0.2) is 39.9 Å². The van der Waals surface area contributed by atoms with E-state index in [9.17, 15) is 0 Å².